The number of amides is 1. The highest BCUT2D eigenvalue weighted by atomic mass is 16.2. The van der Waals surface area contributed by atoms with Gasteiger partial charge >= 0.3 is 0 Å². The van der Waals surface area contributed by atoms with Crippen LogP contribution < -0.4 is 5.32 Å². The van der Waals surface area contributed by atoms with Crippen LogP contribution in [0.2, 0.25) is 0 Å². The molecule has 0 saturated carbocycles. The van der Waals surface area contributed by atoms with Crippen molar-refractivity contribution in [3.05, 3.63) is 46.8 Å². The number of hydrogen-bond donors (Lipinski definition) is 2. The molecule has 0 saturated heterocycles. The Balaban J connectivity index is 2.24. The first-order chi connectivity index (χ1) is 10.0. The minimum Gasteiger partial charge on any atom is -0.384 e. The summed E-state index contributed by atoms with van der Waals surface area (Å²) in [7, 11) is 1.79. The van der Waals surface area contributed by atoms with Gasteiger partial charge in [0, 0.05) is 24.0 Å². The molecule has 2 rings (SSSR count). The number of benzene rings is 1. The highest BCUT2D eigenvalue weighted by Gasteiger charge is 2.13. The van der Waals surface area contributed by atoms with E-state index in [0.29, 0.717) is 11.3 Å². The molecule has 0 aliphatic carbocycles. The van der Waals surface area contributed by atoms with Crippen LogP contribution in [0, 0.1) is 25.7 Å². The molecular formula is C16H17N3O2. The summed E-state index contributed by atoms with van der Waals surface area (Å²) >= 11 is 0. The second kappa shape index (κ2) is 6.25. The van der Waals surface area contributed by atoms with Crippen molar-refractivity contribution in [3.8, 4) is 11.8 Å². The molecule has 5 heteroatoms. The number of carbonyl (C=O) groups is 1. The monoisotopic (exact) mass is 283 g/mol. The molecule has 2 N–H and O–H groups in total. The van der Waals surface area contributed by atoms with Crippen LogP contribution in [0.5, 0.6) is 0 Å². The van der Waals surface area contributed by atoms with E-state index in [2.05, 4.69) is 22.3 Å². The first-order valence-electron chi connectivity index (χ1n) is 6.53. The van der Waals surface area contributed by atoms with E-state index < -0.39 is 0 Å². The number of rotatable bonds is 2. The van der Waals surface area contributed by atoms with E-state index in [0.717, 1.165) is 16.8 Å². The smallest absolute Gasteiger partial charge is 0.259 e. The summed E-state index contributed by atoms with van der Waals surface area (Å²) in [5.74, 6) is 5.27. The highest BCUT2D eigenvalue weighted by Crippen LogP contribution is 2.16. The lowest BCUT2D eigenvalue weighted by atomic mass is 10.1. The van der Waals surface area contributed by atoms with Gasteiger partial charge in [-0.25, -0.2) is 0 Å². The van der Waals surface area contributed by atoms with Crippen molar-refractivity contribution in [2.75, 3.05) is 11.9 Å². The summed E-state index contributed by atoms with van der Waals surface area (Å²) in [5, 5.41) is 15.7. The van der Waals surface area contributed by atoms with Crippen LogP contribution in [0.3, 0.4) is 0 Å². The first kappa shape index (κ1) is 14.8. The van der Waals surface area contributed by atoms with Crippen molar-refractivity contribution < 1.29 is 9.90 Å². The Morgan fingerprint density at radius 3 is 2.81 bits per heavy atom. The molecule has 108 valence electrons. The molecule has 0 atom stereocenters. The van der Waals surface area contributed by atoms with Crippen LogP contribution >= 0.6 is 0 Å². The third-order valence-corrected chi connectivity index (χ3v) is 3.28. The molecule has 0 bridgehead atoms. The van der Waals surface area contributed by atoms with Gasteiger partial charge in [-0.1, -0.05) is 17.9 Å². The normalized spacial score (nSPS) is 9.90. The van der Waals surface area contributed by atoms with Crippen molar-refractivity contribution in [1.82, 2.24) is 9.78 Å². The maximum atomic E-state index is 12.2. The fourth-order valence-electron chi connectivity index (χ4n) is 1.89. The van der Waals surface area contributed by atoms with Gasteiger partial charge in [-0.2, -0.15) is 5.10 Å². The van der Waals surface area contributed by atoms with Gasteiger partial charge in [0.05, 0.1) is 11.8 Å². The predicted octanol–water partition coefficient (Wildman–Crippen LogP) is 1.63. The standard InChI is InChI=1S/C16H17N3O2/c1-11-6-7-14(9-13(11)5-4-8-20)18-16(21)15-10-17-19(3)12(15)2/h6-7,9-10,20H,8H2,1-3H3,(H,18,21). The number of aliphatic hydroxyl groups is 1. The van der Waals surface area contributed by atoms with E-state index in [1.54, 1.807) is 24.0 Å². The van der Waals surface area contributed by atoms with Crippen LogP contribution in [0.1, 0.15) is 27.2 Å². The van der Waals surface area contributed by atoms with Gasteiger partial charge in [0.1, 0.15) is 6.61 Å². The summed E-state index contributed by atoms with van der Waals surface area (Å²) in [6.45, 7) is 3.58. The number of anilines is 1. The minimum atomic E-state index is -0.203. The number of aromatic nitrogens is 2. The number of aliphatic hydroxyl groups excluding tert-OH is 1. The zero-order valence-corrected chi connectivity index (χ0v) is 12.3. The van der Waals surface area contributed by atoms with Crippen LogP contribution in [-0.4, -0.2) is 27.4 Å². The van der Waals surface area contributed by atoms with E-state index in [4.69, 9.17) is 5.11 Å². The van der Waals surface area contributed by atoms with Gasteiger partial charge in [0.15, 0.2) is 0 Å². The zero-order chi connectivity index (χ0) is 15.4. The van der Waals surface area contributed by atoms with Crippen LogP contribution in [0.15, 0.2) is 24.4 Å². The van der Waals surface area contributed by atoms with Gasteiger partial charge < -0.3 is 10.4 Å². The third-order valence-electron chi connectivity index (χ3n) is 3.28. The third kappa shape index (κ3) is 3.30. The topological polar surface area (TPSA) is 67.2 Å². The van der Waals surface area contributed by atoms with E-state index in [-0.39, 0.29) is 12.5 Å². The van der Waals surface area contributed by atoms with Crippen LogP contribution in [0.4, 0.5) is 5.69 Å². The fraction of sp³-hybridized carbons (Fsp3) is 0.250. The molecule has 21 heavy (non-hydrogen) atoms. The van der Waals surface area contributed by atoms with Crippen molar-refractivity contribution in [2.45, 2.75) is 13.8 Å². The minimum absolute atomic E-state index is 0.190. The Hall–Kier alpha value is -2.58. The summed E-state index contributed by atoms with van der Waals surface area (Å²) in [5.41, 5.74) is 3.79. The van der Waals surface area contributed by atoms with E-state index >= 15 is 0 Å². The molecule has 1 aromatic carbocycles. The van der Waals surface area contributed by atoms with E-state index in [9.17, 15) is 4.79 Å². The molecule has 1 amide bonds. The Morgan fingerprint density at radius 1 is 1.43 bits per heavy atom. The zero-order valence-electron chi connectivity index (χ0n) is 12.3. The molecule has 2 aromatic rings. The Morgan fingerprint density at radius 2 is 2.19 bits per heavy atom. The van der Waals surface area contributed by atoms with Gasteiger partial charge in [-0.05, 0) is 31.5 Å². The van der Waals surface area contributed by atoms with Crippen molar-refractivity contribution in [3.63, 3.8) is 0 Å². The molecule has 0 radical (unpaired) electrons. The molecule has 0 aliphatic heterocycles. The Kier molecular flexibility index (Phi) is 4.41. The van der Waals surface area contributed by atoms with Crippen LogP contribution in [0.25, 0.3) is 0 Å². The Labute approximate surface area is 123 Å². The number of carbonyl (C=O) groups excluding carboxylic acids is 1. The van der Waals surface area contributed by atoms with Gasteiger partial charge in [-0.3, -0.25) is 9.48 Å². The fourth-order valence-corrected chi connectivity index (χ4v) is 1.89. The highest BCUT2D eigenvalue weighted by molar-refractivity contribution is 6.05. The largest absolute Gasteiger partial charge is 0.384 e. The van der Waals surface area contributed by atoms with E-state index in [1.165, 1.54) is 0 Å². The number of hydrogen-bond acceptors (Lipinski definition) is 3. The maximum Gasteiger partial charge on any atom is 0.259 e. The summed E-state index contributed by atoms with van der Waals surface area (Å²) in [6, 6.07) is 5.50. The quantitative estimate of drug-likeness (QED) is 0.823. The Bertz CT molecular complexity index is 736. The number of aryl methyl sites for hydroxylation is 2. The lowest BCUT2D eigenvalue weighted by Gasteiger charge is -2.07. The number of nitrogens with zero attached hydrogens (tertiary/aromatic N) is 2. The molecule has 0 unspecified atom stereocenters. The maximum absolute atomic E-state index is 12.2. The second-order valence-corrected chi connectivity index (χ2v) is 4.71. The first-order valence-corrected chi connectivity index (χ1v) is 6.53. The lowest BCUT2D eigenvalue weighted by molar-refractivity contribution is 0.102. The molecule has 0 spiro atoms. The number of nitrogens with one attached hydrogen (secondary N) is 1. The molecule has 5 nitrogen and oxygen atoms in total. The summed E-state index contributed by atoms with van der Waals surface area (Å²) < 4.78 is 1.65. The van der Waals surface area contributed by atoms with Crippen LogP contribution in [-0.2, 0) is 7.05 Å². The molecule has 0 fully saturated rings. The van der Waals surface area contributed by atoms with Crippen molar-refractivity contribution in [1.29, 1.82) is 0 Å². The summed E-state index contributed by atoms with van der Waals surface area (Å²) in [4.78, 5) is 12.2. The van der Waals surface area contributed by atoms with Gasteiger partial charge in [0.2, 0.25) is 0 Å². The molecule has 1 aromatic heterocycles. The van der Waals surface area contributed by atoms with Gasteiger partial charge in [-0.15, -0.1) is 0 Å². The SMILES string of the molecule is Cc1ccc(NC(=O)c2cnn(C)c2C)cc1C#CCO. The van der Waals surface area contributed by atoms with Crippen molar-refractivity contribution >= 4 is 11.6 Å². The molecule has 0 aliphatic rings. The predicted molar refractivity (Wildman–Crippen MR) is 81.0 cm³/mol. The van der Waals surface area contributed by atoms with Gasteiger partial charge in [0.25, 0.3) is 5.91 Å². The summed E-state index contributed by atoms with van der Waals surface area (Å²) in [6.07, 6.45) is 1.55. The van der Waals surface area contributed by atoms with Crippen molar-refractivity contribution in [2.24, 2.45) is 7.05 Å². The molecular weight excluding hydrogens is 266 g/mol. The lowest BCUT2D eigenvalue weighted by Crippen LogP contribution is -2.13. The average Bonchev–Trinajstić information content (AvgIpc) is 2.79. The van der Waals surface area contributed by atoms with E-state index in [1.807, 2.05) is 26.0 Å². The average molecular weight is 283 g/mol. The molecule has 1 heterocycles. The second-order valence-electron chi connectivity index (χ2n) is 4.71.